The van der Waals surface area contributed by atoms with Gasteiger partial charge in [0.05, 0.1) is 12.1 Å². The van der Waals surface area contributed by atoms with Crippen molar-refractivity contribution in [2.75, 3.05) is 5.32 Å². The fourth-order valence-electron chi connectivity index (χ4n) is 4.16. The summed E-state index contributed by atoms with van der Waals surface area (Å²) in [6.45, 7) is 5.58. The lowest BCUT2D eigenvalue weighted by Crippen LogP contribution is -2.54. The third-order valence-electron chi connectivity index (χ3n) is 5.50. The molecule has 2 unspecified atom stereocenters. The van der Waals surface area contributed by atoms with Crippen molar-refractivity contribution >= 4 is 53.1 Å². The van der Waals surface area contributed by atoms with E-state index in [1.54, 1.807) is 0 Å². The van der Waals surface area contributed by atoms with Crippen LogP contribution in [0.3, 0.4) is 0 Å². The maximum atomic E-state index is 12.5. The van der Waals surface area contributed by atoms with Crippen molar-refractivity contribution in [2.24, 2.45) is 23.0 Å². The first kappa shape index (κ1) is 25.1. The van der Waals surface area contributed by atoms with Gasteiger partial charge in [-0.05, 0) is 37.5 Å². The molecule has 0 aliphatic heterocycles. The predicted octanol–water partition coefficient (Wildman–Crippen LogP) is 3.54. The first-order valence-electron chi connectivity index (χ1n) is 9.53. The molecule has 3 rings (SSSR count). The molecule has 2 saturated carbocycles. The zero-order valence-electron chi connectivity index (χ0n) is 16.7. The number of hydrogen-bond donors (Lipinski definition) is 3. The SMILES string of the molecule is CC(C)(C)C(=O)Nc1nc(CC(=O)NC2C3CCCC2CC(N)C3)cs1.Cl.Cl. The molecule has 9 heteroatoms. The molecular formula is C19H32Cl2N4O2S. The molecule has 2 aliphatic rings. The Labute approximate surface area is 183 Å². The van der Waals surface area contributed by atoms with Crippen molar-refractivity contribution in [1.29, 1.82) is 0 Å². The van der Waals surface area contributed by atoms with Gasteiger partial charge in [-0.3, -0.25) is 9.59 Å². The summed E-state index contributed by atoms with van der Waals surface area (Å²) in [7, 11) is 0. The van der Waals surface area contributed by atoms with Crippen LogP contribution in [0.4, 0.5) is 5.13 Å². The maximum absolute atomic E-state index is 12.5. The zero-order valence-corrected chi connectivity index (χ0v) is 19.1. The van der Waals surface area contributed by atoms with Gasteiger partial charge in [0.2, 0.25) is 11.8 Å². The number of thiazole rings is 1. The van der Waals surface area contributed by atoms with Crippen LogP contribution in [-0.2, 0) is 16.0 Å². The van der Waals surface area contributed by atoms with E-state index in [9.17, 15) is 9.59 Å². The van der Waals surface area contributed by atoms with Crippen LogP contribution >= 0.6 is 36.2 Å². The van der Waals surface area contributed by atoms with Crippen molar-refractivity contribution in [1.82, 2.24) is 10.3 Å². The number of rotatable bonds is 4. The molecule has 6 nitrogen and oxygen atoms in total. The summed E-state index contributed by atoms with van der Waals surface area (Å²) in [5, 5.41) is 8.46. The van der Waals surface area contributed by atoms with E-state index in [1.165, 1.54) is 17.8 Å². The van der Waals surface area contributed by atoms with Crippen LogP contribution in [0.25, 0.3) is 0 Å². The highest BCUT2D eigenvalue weighted by Gasteiger charge is 2.39. The molecule has 28 heavy (non-hydrogen) atoms. The molecule has 1 heterocycles. The largest absolute Gasteiger partial charge is 0.352 e. The number of hydrogen-bond acceptors (Lipinski definition) is 5. The molecule has 1 aromatic heterocycles. The van der Waals surface area contributed by atoms with Gasteiger partial charge in [-0.25, -0.2) is 4.98 Å². The van der Waals surface area contributed by atoms with Gasteiger partial charge < -0.3 is 16.4 Å². The van der Waals surface area contributed by atoms with Crippen LogP contribution < -0.4 is 16.4 Å². The Morgan fingerprint density at radius 2 is 1.82 bits per heavy atom. The Morgan fingerprint density at radius 3 is 2.39 bits per heavy atom. The summed E-state index contributed by atoms with van der Waals surface area (Å²) in [5.74, 6) is 0.965. The van der Waals surface area contributed by atoms with Crippen molar-refractivity contribution in [3.05, 3.63) is 11.1 Å². The molecule has 2 bridgehead atoms. The Hall–Kier alpha value is -0.890. The minimum Gasteiger partial charge on any atom is -0.352 e. The van der Waals surface area contributed by atoms with Crippen LogP contribution in [0.2, 0.25) is 0 Å². The van der Waals surface area contributed by atoms with Crippen LogP contribution in [0.15, 0.2) is 5.38 Å². The van der Waals surface area contributed by atoms with E-state index >= 15 is 0 Å². The Morgan fingerprint density at radius 1 is 1.21 bits per heavy atom. The van der Waals surface area contributed by atoms with Gasteiger partial charge in [0.25, 0.3) is 0 Å². The highest BCUT2D eigenvalue weighted by atomic mass is 35.5. The van der Waals surface area contributed by atoms with E-state index in [2.05, 4.69) is 15.6 Å². The topological polar surface area (TPSA) is 97.1 Å². The number of halogens is 2. The molecule has 160 valence electrons. The predicted molar refractivity (Wildman–Crippen MR) is 118 cm³/mol. The number of nitrogens with one attached hydrogen (secondary N) is 2. The molecule has 0 aromatic carbocycles. The fourth-order valence-corrected chi connectivity index (χ4v) is 4.86. The summed E-state index contributed by atoms with van der Waals surface area (Å²) in [6.07, 6.45) is 5.85. The van der Waals surface area contributed by atoms with Crippen molar-refractivity contribution < 1.29 is 9.59 Å². The molecule has 2 aliphatic carbocycles. The van der Waals surface area contributed by atoms with E-state index < -0.39 is 5.41 Å². The van der Waals surface area contributed by atoms with Gasteiger partial charge >= 0.3 is 0 Å². The number of nitrogens with zero attached hydrogens (tertiary/aromatic N) is 1. The molecule has 0 spiro atoms. The quantitative estimate of drug-likeness (QED) is 0.652. The number of carbonyl (C=O) groups excluding carboxylic acids is 2. The molecule has 2 atom stereocenters. The molecular weight excluding hydrogens is 419 g/mol. The van der Waals surface area contributed by atoms with Gasteiger partial charge in [-0.15, -0.1) is 36.2 Å². The minimum atomic E-state index is -0.469. The van der Waals surface area contributed by atoms with Crippen LogP contribution in [0, 0.1) is 17.3 Å². The van der Waals surface area contributed by atoms with Gasteiger partial charge in [0.1, 0.15) is 0 Å². The monoisotopic (exact) mass is 450 g/mol. The average Bonchev–Trinajstić information content (AvgIpc) is 2.94. The highest BCUT2D eigenvalue weighted by molar-refractivity contribution is 7.13. The van der Waals surface area contributed by atoms with E-state index in [0.717, 1.165) is 25.7 Å². The van der Waals surface area contributed by atoms with Gasteiger partial charge in [-0.1, -0.05) is 27.2 Å². The van der Waals surface area contributed by atoms with Crippen molar-refractivity contribution in [2.45, 2.75) is 71.4 Å². The number of nitrogens with two attached hydrogens (primary N) is 1. The highest BCUT2D eigenvalue weighted by Crippen LogP contribution is 2.39. The van der Waals surface area contributed by atoms with Crippen LogP contribution in [0.1, 0.15) is 58.6 Å². The second-order valence-electron chi connectivity index (χ2n) is 8.80. The first-order chi connectivity index (χ1) is 12.2. The number of carbonyl (C=O) groups is 2. The Bertz CT molecular complexity index is 663. The van der Waals surface area contributed by atoms with Crippen LogP contribution in [-0.4, -0.2) is 28.9 Å². The van der Waals surface area contributed by atoms with E-state index in [-0.39, 0.29) is 55.1 Å². The smallest absolute Gasteiger partial charge is 0.231 e. The summed E-state index contributed by atoms with van der Waals surface area (Å²) < 4.78 is 0. The molecule has 2 fully saturated rings. The summed E-state index contributed by atoms with van der Waals surface area (Å²) in [4.78, 5) is 28.9. The van der Waals surface area contributed by atoms with Crippen molar-refractivity contribution in [3.63, 3.8) is 0 Å². The number of aromatic nitrogens is 1. The lowest BCUT2D eigenvalue weighted by molar-refractivity contribution is -0.123. The normalized spacial score (nSPS) is 26.4. The summed E-state index contributed by atoms with van der Waals surface area (Å²) >= 11 is 1.36. The summed E-state index contributed by atoms with van der Waals surface area (Å²) in [5.41, 5.74) is 6.39. The second kappa shape index (κ2) is 10.2. The minimum absolute atomic E-state index is 0. The lowest BCUT2D eigenvalue weighted by Gasteiger charge is -2.45. The Balaban J connectivity index is 0.00000196. The standard InChI is InChI=1S/C19H30N4O2S.2ClH/c1-19(2,3)17(25)23-18-21-14(10-26-18)9-15(24)22-16-11-5-4-6-12(16)8-13(20)7-11;;/h10-13,16H,4-9,20H2,1-3H3,(H,22,24)(H,21,23,25);2*1H. The lowest BCUT2D eigenvalue weighted by atomic mass is 9.67. The number of anilines is 1. The van der Waals surface area contributed by atoms with Crippen LogP contribution in [0.5, 0.6) is 0 Å². The Kier molecular flexibility index (Phi) is 9.19. The molecule has 2 amide bonds. The molecule has 1 aromatic rings. The second-order valence-corrected chi connectivity index (χ2v) is 9.66. The van der Waals surface area contributed by atoms with Crippen molar-refractivity contribution in [3.8, 4) is 0 Å². The molecule has 0 radical (unpaired) electrons. The third kappa shape index (κ3) is 6.31. The first-order valence-corrected chi connectivity index (χ1v) is 10.4. The summed E-state index contributed by atoms with van der Waals surface area (Å²) in [6, 6.07) is 0.542. The number of amides is 2. The average molecular weight is 451 g/mol. The fraction of sp³-hybridized carbons (Fsp3) is 0.737. The third-order valence-corrected chi connectivity index (χ3v) is 6.31. The number of fused-ring (bicyclic) bond motifs is 2. The van der Waals surface area contributed by atoms with Gasteiger partial charge in [0, 0.05) is 22.9 Å². The van der Waals surface area contributed by atoms with Gasteiger partial charge in [0.15, 0.2) is 5.13 Å². The van der Waals surface area contributed by atoms with E-state index in [4.69, 9.17) is 5.73 Å². The maximum Gasteiger partial charge on any atom is 0.231 e. The van der Waals surface area contributed by atoms with E-state index in [1.807, 2.05) is 26.2 Å². The van der Waals surface area contributed by atoms with Gasteiger partial charge in [-0.2, -0.15) is 0 Å². The zero-order chi connectivity index (χ0) is 18.9. The molecule has 0 saturated heterocycles. The molecule has 4 N–H and O–H groups in total. The van der Waals surface area contributed by atoms with E-state index in [0.29, 0.717) is 22.7 Å².